The fourth-order valence-electron chi connectivity index (χ4n) is 3.58. The molecule has 11 nitrogen and oxygen atoms in total. The van der Waals surface area contributed by atoms with Crippen molar-refractivity contribution in [3.63, 3.8) is 0 Å². The van der Waals surface area contributed by atoms with E-state index in [0.717, 1.165) is 5.56 Å². The lowest BCUT2D eigenvalue weighted by molar-refractivity contribution is -0.115. The van der Waals surface area contributed by atoms with Crippen molar-refractivity contribution in [1.82, 2.24) is 10.6 Å². The number of hydrogen-bond acceptors (Lipinski definition) is 7. The molecule has 43 heavy (non-hydrogen) atoms. The molecule has 220 valence electrons. The monoisotopic (exact) mass is 582 g/mol. The second kappa shape index (κ2) is 17.0. The zero-order valence-electron chi connectivity index (χ0n) is 23.2. The van der Waals surface area contributed by atoms with Crippen LogP contribution in [0, 0.1) is 24.7 Å². The Hall–Kier alpha value is -5.94. The largest absolute Gasteiger partial charge is 0.445 e. The molecule has 0 saturated carbocycles. The van der Waals surface area contributed by atoms with Gasteiger partial charge < -0.3 is 30.2 Å². The summed E-state index contributed by atoms with van der Waals surface area (Å²) in [6.45, 7) is -0.354. The van der Waals surface area contributed by atoms with E-state index in [2.05, 4.69) is 33.1 Å². The van der Waals surface area contributed by atoms with Crippen molar-refractivity contribution >= 4 is 35.6 Å². The van der Waals surface area contributed by atoms with Gasteiger partial charge in [0.2, 0.25) is 5.91 Å². The number of hydrogen-bond donors (Lipinski definition) is 4. The molecule has 0 bridgehead atoms. The van der Waals surface area contributed by atoms with E-state index >= 15 is 0 Å². The third-order valence-electron chi connectivity index (χ3n) is 5.62. The summed E-state index contributed by atoms with van der Waals surface area (Å²) in [5.41, 5.74) is 3.50. The predicted molar refractivity (Wildman–Crippen MR) is 160 cm³/mol. The van der Waals surface area contributed by atoms with E-state index in [1.807, 2.05) is 30.3 Å². The Labute approximate surface area is 249 Å². The Morgan fingerprint density at radius 2 is 1.21 bits per heavy atom. The number of alkyl carbamates (subject to hydrolysis) is 2. The number of carbonyl (C=O) groups is 4. The normalized spacial score (nSPS) is 9.81. The molecule has 0 spiro atoms. The molecule has 0 fully saturated rings. The first-order chi connectivity index (χ1) is 20.9. The van der Waals surface area contributed by atoms with E-state index in [1.165, 1.54) is 0 Å². The van der Waals surface area contributed by atoms with Crippen LogP contribution in [-0.2, 0) is 45.2 Å². The number of anilines is 2. The van der Waals surface area contributed by atoms with Gasteiger partial charge in [-0.3, -0.25) is 10.1 Å². The Morgan fingerprint density at radius 3 is 1.86 bits per heavy atom. The highest BCUT2D eigenvalue weighted by Crippen LogP contribution is 2.20. The van der Waals surface area contributed by atoms with E-state index in [1.54, 1.807) is 42.5 Å². The minimum Gasteiger partial charge on any atom is -0.445 e. The molecule has 0 atom stereocenters. The average molecular weight is 583 g/mol. The Balaban J connectivity index is 1.56. The maximum Gasteiger partial charge on any atom is 0.411 e. The fourth-order valence-corrected chi connectivity index (χ4v) is 3.58. The van der Waals surface area contributed by atoms with Gasteiger partial charge in [-0.2, -0.15) is 0 Å². The molecule has 3 rings (SSSR count). The highest BCUT2D eigenvalue weighted by molar-refractivity contribution is 5.92. The van der Waals surface area contributed by atoms with Crippen molar-refractivity contribution in [3.8, 4) is 24.7 Å². The summed E-state index contributed by atoms with van der Waals surface area (Å²) in [4.78, 5) is 48.4. The van der Waals surface area contributed by atoms with Gasteiger partial charge in [0, 0.05) is 11.3 Å². The van der Waals surface area contributed by atoms with Crippen LogP contribution in [0.25, 0.3) is 0 Å². The van der Waals surface area contributed by atoms with E-state index in [9.17, 15) is 19.2 Å². The summed E-state index contributed by atoms with van der Waals surface area (Å²) in [7, 11) is 0. The minimum atomic E-state index is -0.754. The molecule has 4 N–H and O–H groups in total. The third-order valence-corrected chi connectivity index (χ3v) is 5.62. The summed E-state index contributed by atoms with van der Waals surface area (Å²) in [5, 5.41) is 10.2. The van der Waals surface area contributed by atoms with Crippen LogP contribution in [0.5, 0.6) is 0 Å². The standard InChI is InChI=1S/C32H30N4O7/c1-3-16-33-30(38)41-21-25-12-15-28(26(18-25)22-43-31(39)34-17-4-2)36-32(40)42-20-24-10-13-27(14-11-24)35-29(37)19-23-8-6-5-7-9-23/h1-2,5-15,18H,16-17,19-22H2,(H,33,38)(H,34,39)(H,35,37)(H,36,40). The molecule has 11 heteroatoms. The second-order valence-corrected chi connectivity index (χ2v) is 8.87. The van der Waals surface area contributed by atoms with E-state index in [-0.39, 0.29) is 45.2 Å². The maximum absolute atomic E-state index is 12.6. The van der Waals surface area contributed by atoms with Crippen LogP contribution in [0.2, 0.25) is 0 Å². The van der Waals surface area contributed by atoms with Crippen LogP contribution in [0.3, 0.4) is 0 Å². The molecule has 0 saturated heterocycles. The summed E-state index contributed by atoms with van der Waals surface area (Å²) in [6.07, 6.45) is 8.30. The van der Waals surface area contributed by atoms with Gasteiger partial charge >= 0.3 is 18.3 Å². The predicted octanol–water partition coefficient (Wildman–Crippen LogP) is 4.34. The first kappa shape index (κ1) is 31.6. The number of nitrogens with one attached hydrogen (secondary N) is 4. The first-order valence-electron chi connectivity index (χ1n) is 13.0. The van der Waals surface area contributed by atoms with Gasteiger partial charge in [0.05, 0.1) is 25.2 Å². The number of carbonyl (C=O) groups excluding carboxylic acids is 4. The molecule has 3 aromatic carbocycles. The quantitative estimate of drug-likeness (QED) is 0.184. The van der Waals surface area contributed by atoms with Crippen molar-refractivity contribution in [3.05, 3.63) is 95.1 Å². The lowest BCUT2D eigenvalue weighted by Crippen LogP contribution is -2.25. The topological polar surface area (TPSA) is 144 Å². The summed E-state index contributed by atoms with van der Waals surface area (Å²) >= 11 is 0. The molecular formula is C32H30N4O7. The summed E-state index contributed by atoms with van der Waals surface area (Å²) < 4.78 is 15.6. The summed E-state index contributed by atoms with van der Waals surface area (Å²) in [5.74, 6) is 4.38. The van der Waals surface area contributed by atoms with Gasteiger partial charge in [-0.25, -0.2) is 14.4 Å². The maximum atomic E-state index is 12.6. The molecule has 0 heterocycles. The second-order valence-electron chi connectivity index (χ2n) is 8.87. The Morgan fingerprint density at radius 1 is 0.628 bits per heavy atom. The van der Waals surface area contributed by atoms with Crippen LogP contribution in [0.4, 0.5) is 25.8 Å². The lowest BCUT2D eigenvalue weighted by Gasteiger charge is -2.14. The van der Waals surface area contributed by atoms with Crippen LogP contribution in [0.1, 0.15) is 22.3 Å². The van der Waals surface area contributed by atoms with Gasteiger partial charge in [0.25, 0.3) is 0 Å². The first-order valence-corrected chi connectivity index (χ1v) is 13.0. The number of terminal acetylenes is 2. The molecule has 4 amide bonds. The molecule has 3 aromatic rings. The highest BCUT2D eigenvalue weighted by atomic mass is 16.6. The van der Waals surface area contributed by atoms with Crippen molar-refractivity contribution < 1.29 is 33.4 Å². The Bertz CT molecular complexity index is 1490. The SMILES string of the molecule is C#CCNC(=O)OCc1ccc(NC(=O)OCc2ccc(NC(=O)Cc3ccccc3)cc2)c(COC(=O)NCC#C)c1. The average Bonchev–Trinajstić information content (AvgIpc) is 3.01. The number of amides is 4. The van der Waals surface area contributed by atoms with Gasteiger partial charge in [0.15, 0.2) is 0 Å². The third kappa shape index (κ3) is 11.6. The van der Waals surface area contributed by atoms with E-state index in [4.69, 9.17) is 27.1 Å². The van der Waals surface area contributed by atoms with Crippen molar-refractivity contribution in [2.24, 2.45) is 0 Å². The number of benzene rings is 3. The summed E-state index contributed by atoms with van der Waals surface area (Å²) in [6, 6.07) is 21.1. The lowest BCUT2D eigenvalue weighted by atomic mass is 10.1. The van der Waals surface area contributed by atoms with Gasteiger partial charge in [-0.05, 0) is 41.0 Å². The van der Waals surface area contributed by atoms with Crippen LogP contribution >= 0.6 is 0 Å². The van der Waals surface area contributed by atoms with Gasteiger partial charge in [-0.1, -0.05) is 60.4 Å². The van der Waals surface area contributed by atoms with Crippen LogP contribution < -0.4 is 21.3 Å². The van der Waals surface area contributed by atoms with E-state index < -0.39 is 18.3 Å². The zero-order valence-corrected chi connectivity index (χ0v) is 23.2. The molecule has 0 radical (unpaired) electrons. The molecule has 0 aliphatic carbocycles. The van der Waals surface area contributed by atoms with Crippen LogP contribution in [-0.4, -0.2) is 37.3 Å². The Kier molecular flexibility index (Phi) is 12.5. The van der Waals surface area contributed by atoms with Gasteiger partial charge in [0.1, 0.15) is 19.8 Å². The number of ether oxygens (including phenoxy) is 3. The fraction of sp³-hybridized carbons (Fsp3) is 0.188. The highest BCUT2D eigenvalue weighted by Gasteiger charge is 2.13. The molecule has 0 aromatic heterocycles. The van der Waals surface area contributed by atoms with Crippen molar-refractivity contribution in [1.29, 1.82) is 0 Å². The molecule has 0 unspecified atom stereocenters. The van der Waals surface area contributed by atoms with Gasteiger partial charge in [-0.15, -0.1) is 12.8 Å². The molecule has 0 aliphatic heterocycles. The number of rotatable bonds is 12. The molecule has 0 aliphatic rings. The van der Waals surface area contributed by atoms with Crippen LogP contribution in [0.15, 0.2) is 72.8 Å². The molecular weight excluding hydrogens is 552 g/mol. The smallest absolute Gasteiger partial charge is 0.411 e. The zero-order chi connectivity index (χ0) is 30.9. The van der Waals surface area contributed by atoms with Crippen molar-refractivity contribution in [2.75, 3.05) is 23.7 Å². The minimum absolute atomic E-state index is 0.0159. The van der Waals surface area contributed by atoms with Crippen molar-refractivity contribution in [2.45, 2.75) is 26.2 Å². The van der Waals surface area contributed by atoms with E-state index in [0.29, 0.717) is 28.1 Å².